The van der Waals surface area contributed by atoms with E-state index < -0.39 is 0 Å². The van der Waals surface area contributed by atoms with E-state index in [0.29, 0.717) is 6.04 Å². The van der Waals surface area contributed by atoms with E-state index in [0.717, 1.165) is 13.2 Å². The molecule has 0 aliphatic carbocycles. The third-order valence-electron chi connectivity index (χ3n) is 4.03. The van der Waals surface area contributed by atoms with Crippen LogP contribution in [0.3, 0.4) is 0 Å². The van der Waals surface area contributed by atoms with Gasteiger partial charge in [-0.3, -0.25) is 0 Å². The highest BCUT2D eigenvalue weighted by atomic mass is 16.5. The Morgan fingerprint density at radius 3 is 2.60 bits per heavy atom. The minimum absolute atomic E-state index is 0.308. The molecule has 3 heteroatoms. The SMILES string of the molecule is COCC(NCCCN1CCCCC1)c1ccccc1. The van der Waals surface area contributed by atoms with Crippen molar-refractivity contribution < 1.29 is 4.74 Å². The minimum atomic E-state index is 0.308. The highest BCUT2D eigenvalue weighted by Gasteiger charge is 2.11. The Morgan fingerprint density at radius 1 is 1.15 bits per heavy atom. The number of rotatable bonds is 8. The molecule has 0 aromatic heterocycles. The fourth-order valence-electron chi connectivity index (χ4n) is 2.89. The smallest absolute Gasteiger partial charge is 0.0657 e. The molecule has 1 aromatic rings. The zero-order chi connectivity index (χ0) is 14.0. The lowest BCUT2D eigenvalue weighted by molar-refractivity contribution is 0.165. The summed E-state index contributed by atoms with van der Waals surface area (Å²) < 4.78 is 5.33. The lowest BCUT2D eigenvalue weighted by atomic mass is 10.1. The van der Waals surface area contributed by atoms with Crippen molar-refractivity contribution in [3.05, 3.63) is 35.9 Å². The molecule has 1 fully saturated rings. The van der Waals surface area contributed by atoms with Crippen LogP contribution in [0, 0.1) is 0 Å². The summed E-state index contributed by atoms with van der Waals surface area (Å²) in [6.45, 7) is 5.59. The summed E-state index contributed by atoms with van der Waals surface area (Å²) >= 11 is 0. The van der Waals surface area contributed by atoms with E-state index >= 15 is 0 Å². The molecule has 1 aliphatic rings. The fourth-order valence-corrected chi connectivity index (χ4v) is 2.89. The Balaban J connectivity index is 1.69. The zero-order valence-electron chi connectivity index (χ0n) is 12.7. The molecule has 3 nitrogen and oxygen atoms in total. The number of likely N-dealkylation sites (tertiary alicyclic amines) is 1. The Hall–Kier alpha value is -0.900. The number of hydrogen-bond acceptors (Lipinski definition) is 3. The first kappa shape index (κ1) is 15.5. The number of hydrogen-bond donors (Lipinski definition) is 1. The van der Waals surface area contributed by atoms with Gasteiger partial charge in [0.2, 0.25) is 0 Å². The van der Waals surface area contributed by atoms with Gasteiger partial charge >= 0.3 is 0 Å². The Labute approximate surface area is 123 Å². The molecule has 0 amide bonds. The van der Waals surface area contributed by atoms with Gasteiger partial charge in [-0.1, -0.05) is 36.8 Å². The fraction of sp³-hybridized carbons (Fsp3) is 0.647. The maximum atomic E-state index is 5.33. The molecule has 0 radical (unpaired) electrons. The molecule has 0 spiro atoms. The number of methoxy groups -OCH3 is 1. The molecule has 20 heavy (non-hydrogen) atoms. The molecule has 112 valence electrons. The van der Waals surface area contributed by atoms with Gasteiger partial charge in [0, 0.05) is 7.11 Å². The van der Waals surface area contributed by atoms with Gasteiger partial charge in [-0.2, -0.15) is 0 Å². The molecular weight excluding hydrogens is 248 g/mol. The van der Waals surface area contributed by atoms with Gasteiger partial charge in [-0.05, 0) is 51.0 Å². The van der Waals surface area contributed by atoms with E-state index in [1.54, 1.807) is 7.11 Å². The highest BCUT2D eigenvalue weighted by Crippen LogP contribution is 2.13. The second-order valence-corrected chi connectivity index (χ2v) is 5.63. The maximum Gasteiger partial charge on any atom is 0.0657 e. The monoisotopic (exact) mass is 276 g/mol. The second kappa shape index (κ2) is 9.11. The highest BCUT2D eigenvalue weighted by molar-refractivity contribution is 5.18. The third kappa shape index (κ3) is 5.23. The van der Waals surface area contributed by atoms with Crippen LogP contribution < -0.4 is 5.32 Å². The molecule has 0 bridgehead atoms. The van der Waals surface area contributed by atoms with Crippen molar-refractivity contribution in [3.63, 3.8) is 0 Å². The first-order valence-electron chi connectivity index (χ1n) is 7.90. The molecule has 1 aromatic carbocycles. The molecule has 1 heterocycles. The molecule has 1 saturated heterocycles. The van der Waals surface area contributed by atoms with Crippen LogP contribution in [0.4, 0.5) is 0 Å². The predicted molar refractivity (Wildman–Crippen MR) is 84.0 cm³/mol. The van der Waals surface area contributed by atoms with Crippen molar-refractivity contribution in [2.24, 2.45) is 0 Å². The minimum Gasteiger partial charge on any atom is -0.383 e. The van der Waals surface area contributed by atoms with Crippen molar-refractivity contribution >= 4 is 0 Å². The third-order valence-corrected chi connectivity index (χ3v) is 4.03. The molecule has 1 aliphatic heterocycles. The number of piperidine rings is 1. The van der Waals surface area contributed by atoms with E-state index in [4.69, 9.17) is 4.74 Å². The number of ether oxygens (including phenoxy) is 1. The van der Waals surface area contributed by atoms with Gasteiger partial charge in [-0.25, -0.2) is 0 Å². The van der Waals surface area contributed by atoms with Crippen molar-refractivity contribution in [1.29, 1.82) is 0 Å². The van der Waals surface area contributed by atoms with Crippen molar-refractivity contribution in [3.8, 4) is 0 Å². The van der Waals surface area contributed by atoms with Crippen molar-refractivity contribution in [2.75, 3.05) is 39.9 Å². The van der Waals surface area contributed by atoms with Gasteiger partial charge in [0.25, 0.3) is 0 Å². The summed E-state index contributed by atoms with van der Waals surface area (Å²) in [6, 6.07) is 10.9. The van der Waals surface area contributed by atoms with Crippen molar-refractivity contribution in [1.82, 2.24) is 10.2 Å². The largest absolute Gasteiger partial charge is 0.383 e. The van der Waals surface area contributed by atoms with Gasteiger partial charge in [-0.15, -0.1) is 0 Å². The van der Waals surface area contributed by atoms with Gasteiger partial charge < -0.3 is 15.0 Å². The summed E-state index contributed by atoms with van der Waals surface area (Å²) in [7, 11) is 1.77. The average molecular weight is 276 g/mol. The summed E-state index contributed by atoms with van der Waals surface area (Å²) in [5.74, 6) is 0. The van der Waals surface area contributed by atoms with Crippen LogP contribution in [-0.2, 0) is 4.74 Å². The van der Waals surface area contributed by atoms with Crippen LogP contribution >= 0.6 is 0 Å². The lowest BCUT2D eigenvalue weighted by Crippen LogP contribution is -2.33. The van der Waals surface area contributed by atoms with E-state index in [-0.39, 0.29) is 0 Å². The van der Waals surface area contributed by atoms with E-state index in [1.165, 1.54) is 50.9 Å². The Kier molecular flexibility index (Phi) is 7.06. The van der Waals surface area contributed by atoms with Crippen LogP contribution in [0.2, 0.25) is 0 Å². The van der Waals surface area contributed by atoms with Crippen LogP contribution in [-0.4, -0.2) is 44.8 Å². The first-order valence-corrected chi connectivity index (χ1v) is 7.90. The number of nitrogens with one attached hydrogen (secondary N) is 1. The molecule has 1 N–H and O–H groups in total. The van der Waals surface area contributed by atoms with Crippen molar-refractivity contribution in [2.45, 2.75) is 31.7 Å². The predicted octanol–water partition coefficient (Wildman–Crippen LogP) is 2.84. The molecule has 0 saturated carbocycles. The molecular formula is C17H28N2O. The van der Waals surface area contributed by atoms with Crippen LogP contribution in [0.1, 0.15) is 37.3 Å². The van der Waals surface area contributed by atoms with Crippen LogP contribution in [0.15, 0.2) is 30.3 Å². The first-order chi connectivity index (χ1) is 9.90. The normalized spacial score (nSPS) is 18.1. The van der Waals surface area contributed by atoms with Gasteiger partial charge in [0.05, 0.1) is 12.6 Å². The topological polar surface area (TPSA) is 24.5 Å². The zero-order valence-corrected chi connectivity index (χ0v) is 12.7. The lowest BCUT2D eigenvalue weighted by Gasteiger charge is -2.26. The van der Waals surface area contributed by atoms with Crippen LogP contribution in [0.5, 0.6) is 0 Å². The molecule has 1 unspecified atom stereocenters. The maximum absolute atomic E-state index is 5.33. The number of nitrogens with zero attached hydrogens (tertiary/aromatic N) is 1. The van der Waals surface area contributed by atoms with Gasteiger partial charge in [0.1, 0.15) is 0 Å². The average Bonchev–Trinajstić information content (AvgIpc) is 2.52. The van der Waals surface area contributed by atoms with E-state index in [9.17, 15) is 0 Å². The number of benzene rings is 1. The Bertz CT molecular complexity index is 349. The van der Waals surface area contributed by atoms with Gasteiger partial charge in [0.15, 0.2) is 0 Å². The van der Waals surface area contributed by atoms with E-state index in [1.807, 2.05) is 0 Å². The summed E-state index contributed by atoms with van der Waals surface area (Å²) in [5, 5.41) is 3.62. The Morgan fingerprint density at radius 2 is 1.90 bits per heavy atom. The quantitative estimate of drug-likeness (QED) is 0.739. The molecule has 1 atom stereocenters. The van der Waals surface area contributed by atoms with E-state index in [2.05, 4.69) is 40.5 Å². The molecule has 2 rings (SSSR count). The summed E-state index contributed by atoms with van der Waals surface area (Å²) in [4.78, 5) is 2.60. The second-order valence-electron chi connectivity index (χ2n) is 5.63. The standard InChI is InChI=1S/C17H28N2O/c1-20-15-17(16-9-4-2-5-10-16)18-11-8-14-19-12-6-3-7-13-19/h2,4-5,9-10,17-18H,3,6-8,11-15H2,1H3. The summed E-state index contributed by atoms with van der Waals surface area (Å²) in [5.41, 5.74) is 1.31. The summed E-state index contributed by atoms with van der Waals surface area (Å²) in [6.07, 6.45) is 5.39. The van der Waals surface area contributed by atoms with Crippen LogP contribution in [0.25, 0.3) is 0 Å².